The molecule has 9 heteroatoms. The molecule has 5 nitrogen and oxygen atoms in total. The van der Waals surface area contributed by atoms with Crippen molar-refractivity contribution in [2.24, 2.45) is 11.8 Å². The number of methoxy groups -OCH3 is 1. The highest BCUT2D eigenvalue weighted by molar-refractivity contribution is 7.91. The summed E-state index contributed by atoms with van der Waals surface area (Å²) < 4.78 is 42.3. The molecule has 0 aliphatic rings. The number of hydrogen-bond acceptors (Lipinski definition) is 5. The Morgan fingerprint density at radius 3 is 1.70 bits per heavy atom. The molecule has 0 radical (unpaired) electrons. The molecule has 0 N–H and O–H groups in total. The third-order valence-electron chi connectivity index (χ3n) is 4.19. The summed E-state index contributed by atoms with van der Waals surface area (Å²) in [4.78, 5) is 0.0916. The number of sulfone groups is 1. The van der Waals surface area contributed by atoms with Crippen LogP contribution in [0.4, 0.5) is 0 Å². The average Bonchev–Trinajstić information content (AvgIpc) is 2.71. The Morgan fingerprint density at radius 1 is 0.833 bits per heavy atom. The summed E-state index contributed by atoms with van der Waals surface area (Å²) in [5, 5.41) is 0.415. The van der Waals surface area contributed by atoms with Gasteiger partial charge in [0.1, 0.15) is 11.5 Å². The van der Waals surface area contributed by atoms with Crippen molar-refractivity contribution in [2.45, 2.75) is 23.6 Å². The molecule has 0 saturated heterocycles. The van der Waals surface area contributed by atoms with Crippen molar-refractivity contribution in [1.82, 2.24) is 0 Å². The van der Waals surface area contributed by atoms with Crippen molar-refractivity contribution >= 4 is 44.6 Å². The van der Waals surface area contributed by atoms with Gasteiger partial charge in [0.05, 0.1) is 39.7 Å². The Kier molecular flexibility index (Phi) is 9.57. The first kappa shape index (κ1) is 25.1. The minimum atomic E-state index is -3.81. The molecule has 0 aliphatic carbocycles. The lowest BCUT2D eigenvalue weighted by Crippen LogP contribution is -2.14. The minimum Gasteiger partial charge on any atom is -0.492 e. The van der Waals surface area contributed by atoms with Gasteiger partial charge in [0.25, 0.3) is 0 Å². The molecule has 0 saturated carbocycles. The predicted octanol–water partition coefficient (Wildman–Crippen LogP) is 5.74. The molecule has 30 heavy (non-hydrogen) atoms. The van der Waals surface area contributed by atoms with Crippen molar-refractivity contribution < 1.29 is 22.6 Å². The zero-order valence-corrected chi connectivity index (χ0v) is 20.1. The fourth-order valence-electron chi connectivity index (χ4n) is 2.51. The SMILES string of the molecule is COC[C@@H](C)COc1ccc(S(=O)(=O)c2ccc(OC[C@H](C)CCl)c(Cl)c2)cc1Cl. The molecule has 2 atom stereocenters. The van der Waals surface area contributed by atoms with Crippen LogP contribution in [0.5, 0.6) is 11.5 Å². The van der Waals surface area contributed by atoms with E-state index in [1.807, 2.05) is 13.8 Å². The molecule has 0 spiro atoms. The second-order valence-electron chi connectivity index (χ2n) is 7.13. The first-order valence-electron chi connectivity index (χ1n) is 9.33. The minimum absolute atomic E-state index is 0.0451. The zero-order chi connectivity index (χ0) is 22.3. The van der Waals surface area contributed by atoms with Crippen LogP contribution >= 0.6 is 34.8 Å². The van der Waals surface area contributed by atoms with Crippen molar-refractivity contribution in [3.8, 4) is 11.5 Å². The molecule has 0 heterocycles. The maximum absolute atomic E-state index is 13.0. The molecule has 0 bridgehead atoms. The highest BCUT2D eigenvalue weighted by Crippen LogP contribution is 2.33. The fraction of sp³-hybridized carbons (Fsp3) is 0.429. The Labute approximate surface area is 193 Å². The van der Waals surface area contributed by atoms with E-state index in [-0.39, 0.29) is 31.7 Å². The van der Waals surface area contributed by atoms with E-state index in [4.69, 9.17) is 49.0 Å². The number of halogens is 3. The van der Waals surface area contributed by atoms with Gasteiger partial charge >= 0.3 is 0 Å². The summed E-state index contributed by atoms with van der Waals surface area (Å²) >= 11 is 18.2. The second-order valence-corrected chi connectivity index (χ2v) is 10.2. The molecule has 0 amide bonds. The largest absolute Gasteiger partial charge is 0.492 e. The molecule has 2 aromatic rings. The van der Waals surface area contributed by atoms with Crippen molar-refractivity contribution in [2.75, 3.05) is 32.8 Å². The third kappa shape index (κ3) is 6.66. The predicted molar refractivity (Wildman–Crippen MR) is 120 cm³/mol. The highest BCUT2D eigenvalue weighted by Gasteiger charge is 2.21. The van der Waals surface area contributed by atoms with Crippen LogP contribution in [0, 0.1) is 11.8 Å². The van der Waals surface area contributed by atoms with Gasteiger partial charge in [0.15, 0.2) is 0 Å². The number of rotatable bonds is 11. The zero-order valence-electron chi connectivity index (χ0n) is 17.0. The summed E-state index contributed by atoms with van der Waals surface area (Å²) in [7, 11) is -2.19. The van der Waals surface area contributed by atoms with E-state index < -0.39 is 9.84 Å². The molecular weight excluding hydrogens is 471 g/mol. The van der Waals surface area contributed by atoms with E-state index in [0.29, 0.717) is 37.2 Å². The molecular formula is C21H25Cl3O5S. The summed E-state index contributed by atoms with van der Waals surface area (Å²) in [5.74, 6) is 1.58. The number of ether oxygens (including phenoxy) is 3. The van der Waals surface area contributed by atoms with Crippen LogP contribution in [0.25, 0.3) is 0 Å². The lowest BCUT2D eigenvalue weighted by atomic mass is 10.2. The van der Waals surface area contributed by atoms with Gasteiger partial charge in [-0.25, -0.2) is 8.42 Å². The molecule has 0 unspecified atom stereocenters. The van der Waals surface area contributed by atoms with E-state index >= 15 is 0 Å². The topological polar surface area (TPSA) is 61.8 Å². The Hall–Kier alpha value is -1.18. The lowest BCUT2D eigenvalue weighted by Gasteiger charge is -2.14. The van der Waals surface area contributed by atoms with Crippen LogP contribution in [0.1, 0.15) is 13.8 Å². The fourth-order valence-corrected chi connectivity index (χ4v) is 4.51. The van der Waals surface area contributed by atoms with Crippen LogP contribution in [0.15, 0.2) is 46.2 Å². The summed E-state index contributed by atoms with van der Waals surface area (Å²) in [6.45, 7) is 5.25. The maximum Gasteiger partial charge on any atom is 0.206 e. The third-order valence-corrected chi connectivity index (χ3v) is 7.06. The Morgan fingerprint density at radius 2 is 1.30 bits per heavy atom. The first-order valence-corrected chi connectivity index (χ1v) is 12.1. The van der Waals surface area contributed by atoms with Crippen LogP contribution in [-0.4, -0.2) is 41.2 Å². The van der Waals surface area contributed by atoms with Gasteiger partial charge in [0.2, 0.25) is 9.84 Å². The normalized spacial score (nSPS) is 13.7. The van der Waals surface area contributed by atoms with Crippen molar-refractivity contribution in [3.05, 3.63) is 46.4 Å². The van der Waals surface area contributed by atoms with E-state index in [1.165, 1.54) is 30.3 Å². The van der Waals surface area contributed by atoms with Gasteiger partial charge in [-0.3, -0.25) is 0 Å². The average molecular weight is 496 g/mol. The van der Waals surface area contributed by atoms with E-state index in [9.17, 15) is 8.42 Å². The van der Waals surface area contributed by atoms with Crippen LogP contribution < -0.4 is 9.47 Å². The van der Waals surface area contributed by atoms with E-state index in [2.05, 4.69) is 0 Å². The van der Waals surface area contributed by atoms with E-state index in [1.54, 1.807) is 13.2 Å². The number of alkyl halides is 1. The smallest absolute Gasteiger partial charge is 0.206 e. The van der Waals surface area contributed by atoms with Gasteiger partial charge < -0.3 is 14.2 Å². The van der Waals surface area contributed by atoms with Gasteiger partial charge in [-0.1, -0.05) is 37.0 Å². The molecule has 0 fully saturated rings. The van der Waals surface area contributed by atoms with Gasteiger partial charge in [-0.2, -0.15) is 0 Å². The highest BCUT2D eigenvalue weighted by atomic mass is 35.5. The van der Waals surface area contributed by atoms with Crippen molar-refractivity contribution in [3.63, 3.8) is 0 Å². The number of hydrogen-bond donors (Lipinski definition) is 0. The number of benzene rings is 2. The molecule has 0 aliphatic heterocycles. The lowest BCUT2D eigenvalue weighted by molar-refractivity contribution is 0.127. The monoisotopic (exact) mass is 494 g/mol. The van der Waals surface area contributed by atoms with Crippen molar-refractivity contribution in [1.29, 1.82) is 0 Å². The Bertz CT molecular complexity index is 950. The quantitative estimate of drug-likeness (QED) is 0.372. The van der Waals surface area contributed by atoms with Gasteiger partial charge in [0, 0.05) is 24.8 Å². The molecule has 2 aromatic carbocycles. The summed E-state index contributed by atoms with van der Waals surface area (Å²) in [6, 6.07) is 8.72. The summed E-state index contributed by atoms with van der Waals surface area (Å²) in [6.07, 6.45) is 0. The molecule has 166 valence electrons. The van der Waals surface area contributed by atoms with Crippen LogP contribution in [0.3, 0.4) is 0 Å². The summed E-state index contributed by atoms with van der Waals surface area (Å²) in [5.41, 5.74) is 0. The first-order chi connectivity index (χ1) is 14.2. The molecule has 0 aromatic heterocycles. The van der Waals surface area contributed by atoms with Gasteiger partial charge in [-0.05, 0) is 36.4 Å². The van der Waals surface area contributed by atoms with Crippen LogP contribution in [0.2, 0.25) is 10.0 Å². The van der Waals surface area contributed by atoms with E-state index in [0.717, 1.165) is 0 Å². The second kappa shape index (κ2) is 11.4. The Balaban J connectivity index is 2.18. The maximum atomic E-state index is 13.0. The van der Waals surface area contributed by atoms with Gasteiger partial charge in [-0.15, -0.1) is 11.6 Å². The molecule has 2 rings (SSSR count). The standard InChI is InChI=1S/C21H25Cl3O5S/c1-14(10-22)12-28-20-6-4-16(8-18(20)23)30(25,26)17-5-7-21(19(24)9-17)29-13-15(2)11-27-3/h4-9,14-15H,10-13H2,1-3H3/t14-,15-/m1/s1. The van der Waals surface area contributed by atoms with Crippen LogP contribution in [-0.2, 0) is 14.6 Å².